The topological polar surface area (TPSA) is 77.8 Å². The Kier molecular flexibility index (Phi) is 7.37. The number of hydrogen-bond acceptors (Lipinski definition) is 6. The van der Waals surface area contributed by atoms with E-state index in [1.54, 1.807) is 11.0 Å². The number of fused-ring (bicyclic) bond motifs is 1. The molecule has 0 N–H and O–H groups in total. The number of halogens is 2. The van der Waals surface area contributed by atoms with Gasteiger partial charge in [0.1, 0.15) is 11.6 Å². The number of carbonyl (C=O) groups excluding carboxylic acids is 2. The Morgan fingerprint density at radius 2 is 1.76 bits per heavy atom. The molecule has 3 heterocycles. The van der Waals surface area contributed by atoms with Crippen LogP contribution < -0.4 is 4.90 Å². The van der Waals surface area contributed by atoms with Crippen LogP contribution in [0.5, 0.6) is 0 Å². The van der Waals surface area contributed by atoms with Crippen molar-refractivity contribution in [2.45, 2.75) is 13.0 Å². The monoisotopic (exact) mass is 541 g/mol. The third kappa shape index (κ3) is 5.30. The Hall–Kier alpha value is -3.14. The molecule has 5 rings (SSSR count). The number of para-hydroxylation sites is 1. The molecule has 9 nitrogen and oxygen atoms in total. The third-order valence-electron chi connectivity index (χ3n) is 6.88. The first kappa shape index (κ1) is 25.5. The first-order chi connectivity index (χ1) is 17.8. The summed E-state index contributed by atoms with van der Waals surface area (Å²) in [5.74, 6) is -0.0574. The van der Waals surface area contributed by atoms with Crippen molar-refractivity contribution in [3.05, 3.63) is 64.7 Å². The minimum absolute atomic E-state index is 0.0574. The number of hydrogen-bond donors (Lipinski definition) is 0. The zero-order valence-corrected chi connectivity index (χ0v) is 22.2. The van der Waals surface area contributed by atoms with Gasteiger partial charge in [0.2, 0.25) is 5.91 Å². The first-order valence-electron chi connectivity index (χ1n) is 12.3. The molecule has 2 aromatic carbocycles. The van der Waals surface area contributed by atoms with Crippen LogP contribution in [0.2, 0.25) is 10.0 Å². The molecule has 0 spiro atoms. The summed E-state index contributed by atoms with van der Waals surface area (Å²) >= 11 is 12.3. The summed E-state index contributed by atoms with van der Waals surface area (Å²) in [5.41, 5.74) is 3.25. The van der Waals surface area contributed by atoms with E-state index in [0.717, 1.165) is 11.3 Å². The van der Waals surface area contributed by atoms with Crippen molar-refractivity contribution in [1.29, 1.82) is 0 Å². The van der Waals surface area contributed by atoms with Crippen LogP contribution in [0.4, 0.5) is 10.5 Å². The van der Waals surface area contributed by atoms with Gasteiger partial charge in [-0.3, -0.25) is 9.69 Å². The van der Waals surface area contributed by atoms with E-state index in [4.69, 9.17) is 23.2 Å². The second-order valence-corrected chi connectivity index (χ2v) is 10.4. The second-order valence-electron chi connectivity index (χ2n) is 9.58. The molecule has 0 radical (unpaired) electrons. The van der Waals surface area contributed by atoms with Crippen LogP contribution in [0, 0.1) is 0 Å². The van der Waals surface area contributed by atoms with Gasteiger partial charge in [0, 0.05) is 58.0 Å². The van der Waals surface area contributed by atoms with Crippen LogP contribution in [0.1, 0.15) is 6.92 Å². The van der Waals surface area contributed by atoms with E-state index < -0.39 is 6.04 Å². The summed E-state index contributed by atoms with van der Waals surface area (Å²) in [7, 11) is 0. The molecule has 1 aromatic heterocycles. The van der Waals surface area contributed by atoms with Crippen molar-refractivity contribution in [3.8, 4) is 0 Å². The van der Waals surface area contributed by atoms with Crippen molar-refractivity contribution in [3.63, 3.8) is 0 Å². The molecule has 11 heteroatoms. The van der Waals surface area contributed by atoms with Crippen LogP contribution in [-0.2, 0) is 4.79 Å². The average molecular weight is 542 g/mol. The van der Waals surface area contributed by atoms with Gasteiger partial charge in [-0.1, -0.05) is 52.7 Å². The number of benzene rings is 2. The minimum atomic E-state index is -0.625. The van der Waals surface area contributed by atoms with E-state index in [2.05, 4.69) is 26.7 Å². The minimum Gasteiger partial charge on any atom is -0.368 e. The molecule has 2 fully saturated rings. The maximum absolute atomic E-state index is 13.9. The molecule has 1 atom stereocenters. The second kappa shape index (κ2) is 10.7. The Morgan fingerprint density at radius 3 is 2.49 bits per heavy atom. The van der Waals surface area contributed by atoms with Gasteiger partial charge < -0.3 is 14.7 Å². The van der Waals surface area contributed by atoms with Crippen LogP contribution in [0.3, 0.4) is 0 Å². The Balaban J connectivity index is 1.34. The first-order valence-corrected chi connectivity index (χ1v) is 13.0. The maximum atomic E-state index is 13.9. The van der Waals surface area contributed by atoms with E-state index >= 15 is 0 Å². The number of aromatic nitrogens is 3. The fraction of sp³-hybridized carbons (Fsp3) is 0.385. The van der Waals surface area contributed by atoms with Gasteiger partial charge in [0.25, 0.3) is 0 Å². The molecular weight excluding hydrogens is 513 g/mol. The summed E-state index contributed by atoms with van der Waals surface area (Å²) in [5, 5.41) is 9.24. The SMILES string of the molecule is C=C(C)CN1CCN(C(=O)n2nnc3ccccc32)[C@@H](C(=O)N2CCN(c3ccc(Cl)c(Cl)c3)CC2)C1. The lowest BCUT2D eigenvalue weighted by atomic mass is 10.1. The van der Waals surface area contributed by atoms with Crippen molar-refractivity contribution in [1.82, 2.24) is 29.7 Å². The van der Waals surface area contributed by atoms with Gasteiger partial charge in [-0.05, 0) is 37.3 Å². The molecule has 0 bridgehead atoms. The number of amides is 2. The van der Waals surface area contributed by atoms with Crippen molar-refractivity contribution < 1.29 is 9.59 Å². The number of carbonyl (C=O) groups is 2. The molecule has 0 aliphatic carbocycles. The van der Waals surface area contributed by atoms with Crippen molar-refractivity contribution in [2.24, 2.45) is 0 Å². The average Bonchev–Trinajstić information content (AvgIpc) is 3.33. The summed E-state index contributed by atoms with van der Waals surface area (Å²) < 4.78 is 1.30. The molecule has 2 saturated heterocycles. The van der Waals surface area contributed by atoms with E-state index in [0.29, 0.717) is 73.4 Å². The zero-order chi connectivity index (χ0) is 26.1. The van der Waals surface area contributed by atoms with Gasteiger partial charge in [-0.2, -0.15) is 4.68 Å². The molecule has 0 unspecified atom stereocenters. The van der Waals surface area contributed by atoms with Crippen molar-refractivity contribution >= 4 is 51.9 Å². The molecule has 0 saturated carbocycles. The molecule has 3 aromatic rings. The number of piperazine rings is 2. The molecule has 2 amide bonds. The molecular formula is C26H29Cl2N7O2. The summed E-state index contributed by atoms with van der Waals surface area (Å²) in [6, 6.07) is 11.9. The summed E-state index contributed by atoms with van der Waals surface area (Å²) in [4.78, 5) is 35.4. The quantitative estimate of drug-likeness (QED) is 0.469. The highest BCUT2D eigenvalue weighted by atomic mass is 35.5. The van der Waals surface area contributed by atoms with Crippen LogP contribution in [0.25, 0.3) is 11.0 Å². The number of anilines is 1. The zero-order valence-electron chi connectivity index (χ0n) is 20.7. The summed E-state index contributed by atoms with van der Waals surface area (Å²) in [6.45, 7) is 10.6. The van der Waals surface area contributed by atoms with E-state index in [1.807, 2.05) is 48.2 Å². The van der Waals surface area contributed by atoms with Crippen LogP contribution >= 0.6 is 23.2 Å². The van der Waals surface area contributed by atoms with Crippen molar-refractivity contribution in [2.75, 3.05) is 57.3 Å². The maximum Gasteiger partial charge on any atom is 0.347 e. The normalized spacial score (nSPS) is 18.9. The molecule has 2 aliphatic rings. The highest BCUT2D eigenvalue weighted by Crippen LogP contribution is 2.28. The van der Waals surface area contributed by atoms with Crippen LogP contribution in [-0.4, -0.2) is 100 Å². The van der Waals surface area contributed by atoms with Gasteiger partial charge >= 0.3 is 6.03 Å². The fourth-order valence-electron chi connectivity index (χ4n) is 5.01. The largest absolute Gasteiger partial charge is 0.368 e. The molecule has 194 valence electrons. The van der Waals surface area contributed by atoms with Gasteiger partial charge in [-0.25, -0.2) is 4.79 Å². The predicted octanol–water partition coefficient (Wildman–Crippen LogP) is 3.62. The smallest absolute Gasteiger partial charge is 0.347 e. The Morgan fingerprint density at radius 1 is 1.00 bits per heavy atom. The van der Waals surface area contributed by atoms with E-state index in [-0.39, 0.29) is 11.9 Å². The fourth-order valence-corrected chi connectivity index (χ4v) is 5.31. The van der Waals surface area contributed by atoms with Gasteiger partial charge in [0.05, 0.1) is 15.6 Å². The van der Waals surface area contributed by atoms with Gasteiger partial charge in [-0.15, -0.1) is 5.10 Å². The number of nitrogens with zero attached hydrogens (tertiary/aromatic N) is 7. The van der Waals surface area contributed by atoms with Gasteiger partial charge in [0.15, 0.2) is 0 Å². The Bertz CT molecular complexity index is 1340. The highest BCUT2D eigenvalue weighted by Gasteiger charge is 2.39. The standard InChI is InChI=1S/C26H29Cl2N7O2/c1-18(2)16-31-9-14-34(26(37)35-23-6-4-3-5-22(23)29-30-35)24(17-31)25(36)33-12-10-32(11-13-33)19-7-8-20(27)21(28)15-19/h3-8,15,24H,1,9-14,16-17H2,2H3/t24-/m1/s1. The Labute approximate surface area is 225 Å². The lowest BCUT2D eigenvalue weighted by molar-refractivity contribution is -0.138. The van der Waals surface area contributed by atoms with Crippen LogP contribution in [0.15, 0.2) is 54.6 Å². The summed E-state index contributed by atoms with van der Waals surface area (Å²) in [6.07, 6.45) is 0. The highest BCUT2D eigenvalue weighted by molar-refractivity contribution is 6.42. The molecule has 37 heavy (non-hydrogen) atoms. The number of rotatable bonds is 4. The van der Waals surface area contributed by atoms with E-state index in [9.17, 15) is 9.59 Å². The third-order valence-corrected chi connectivity index (χ3v) is 7.62. The lowest BCUT2D eigenvalue weighted by Crippen LogP contribution is -2.63. The lowest BCUT2D eigenvalue weighted by Gasteiger charge is -2.44. The van der Waals surface area contributed by atoms with E-state index in [1.165, 1.54) is 4.68 Å². The molecule has 2 aliphatic heterocycles. The predicted molar refractivity (Wildman–Crippen MR) is 145 cm³/mol.